The van der Waals surface area contributed by atoms with Gasteiger partial charge in [-0.05, 0) is 12.1 Å². The normalized spacial score (nSPS) is 10.2. The Labute approximate surface area is 96.9 Å². The molecule has 7 heteroatoms. The molecule has 5 nitrogen and oxygen atoms in total. The van der Waals surface area contributed by atoms with E-state index < -0.39 is 5.97 Å². The van der Waals surface area contributed by atoms with Crippen molar-refractivity contribution in [2.75, 3.05) is 0 Å². The van der Waals surface area contributed by atoms with Gasteiger partial charge in [0.1, 0.15) is 10.8 Å². The van der Waals surface area contributed by atoms with Gasteiger partial charge in [-0.1, -0.05) is 11.3 Å². The number of aryl methyl sites for hydroxylation is 2. The summed E-state index contributed by atoms with van der Waals surface area (Å²) in [4.78, 5) is 11.1. The molecule has 2 aromatic rings. The number of aromatic nitrogens is 2. The van der Waals surface area contributed by atoms with Crippen molar-refractivity contribution in [3.63, 3.8) is 0 Å². The van der Waals surface area contributed by atoms with Crippen LogP contribution in [0.3, 0.4) is 0 Å². The molecule has 0 N–H and O–H groups in total. The highest BCUT2D eigenvalue weighted by Gasteiger charge is 2.12. The topological polar surface area (TPSA) is 65.2 Å². The lowest BCUT2D eigenvalue weighted by Crippen LogP contribution is -2.00. The molecule has 2 heterocycles. The summed E-state index contributed by atoms with van der Waals surface area (Å²) in [6.45, 7) is 0. The van der Waals surface area contributed by atoms with Gasteiger partial charge >= 0.3 is 14.0 Å². The van der Waals surface area contributed by atoms with E-state index in [4.69, 9.17) is 4.42 Å². The number of hydrogen-bond donors (Lipinski definition) is 0. The molecule has 0 unspecified atom stereocenters. The molecule has 0 aliphatic carbocycles. The van der Waals surface area contributed by atoms with Gasteiger partial charge in [-0.2, -0.15) is 0 Å². The molecule has 0 fully saturated rings. The molecular weight excluding hydrogens is 227 g/mol. The van der Waals surface area contributed by atoms with Crippen molar-refractivity contribution < 1.29 is 13.9 Å². The fourth-order valence-corrected chi connectivity index (χ4v) is 1.97. The van der Waals surface area contributed by atoms with Crippen molar-refractivity contribution in [1.29, 1.82) is 0 Å². The number of nitrogens with zero attached hydrogens (tertiary/aromatic N) is 2. The summed E-state index contributed by atoms with van der Waals surface area (Å²) in [7, 11) is 1.33. The molecular formula is C9H9BN2O3S. The maximum absolute atomic E-state index is 11.1. The van der Waals surface area contributed by atoms with Gasteiger partial charge in [0.2, 0.25) is 5.01 Å². The maximum atomic E-state index is 11.1. The van der Waals surface area contributed by atoms with Crippen LogP contribution in [0.2, 0.25) is 0 Å². The average Bonchev–Trinajstić information content (AvgIpc) is 2.96. The van der Waals surface area contributed by atoms with Crippen molar-refractivity contribution in [3.05, 3.63) is 34.2 Å². The summed E-state index contributed by atoms with van der Waals surface area (Å²) in [5.74, 6) is 0.455. The summed E-state index contributed by atoms with van der Waals surface area (Å²) >= 11 is 1.25. The number of rotatable bonds is 4. The van der Waals surface area contributed by atoms with Crippen molar-refractivity contribution in [1.82, 2.24) is 10.2 Å². The molecule has 82 valence electrons. The molecule has 0 spiro atoms. The molecule has 0 aromatic carbocycles. The first-order valence-electron chi connectivity index (χ1n) is 4.72. The zero-order valence-electron chi connectivity index (χ0n) is 8.67. The molecule has 0 saturated heterocycles. The van der Waals surface area contributed by atoms with E-state index in [0.29, 0.717) is 6.42 Å². The van der Waals surface area contributed by atoms with Crippen molar-refractivity contribution in [3.8, 4) is 0 Å². The van der Waals surface area contributed by atoms with Crippen LogP contribution in [0.15, 0.2) is 22.8 Å². The zero-order chi connectivity index (χ0) is 11.4. The minimum Gasteiger partial charge on any atom is -0.538 e. The molecule has 0 amide bonds. The molecule has 0 aliphatic heterocycles. The van der Waals surface area contributed by atoms with Crippen molar-refractivity contribution in [2.24, 2.45) is 0 Å². The quantitative estimate of drug-likeness (QED) is 0.728. The predicted octanol–water partition coefficient (Wildman–Crippen LogP) is 0.621. The second kappa shape index (κ2) is 4.93. The Morgan fingerprint density at radius 3 is 3.06 bits per heavy atom. The minimum absolute atomic E-state index is 0.289. The first kappa shape index (κ1) is 10.9. The zero-order valence-corrected chi connectivity index (χ0v) is 9.49. The van der Waals surface area contributed by atoms with Crippen LogP contribution < -0.4 is 0 Å². The van der Waals surface area contributed by atoms with Gasteiger partial charge in [-0.15, -0.1) is 10.2 Å². The van der Waals surface area contributed by atoms with Crippen LogP contribution in [0.1, 0.15) is 20.6 Å². The third-order valence-electron chi connectivity index (χ3n) is 1.99. The smallest absolute Gasteiger partial charge is 0.351 e. The second-order valence-corrected chi connectivity index (χ2v) is 4.13. The summed E-state index contributed by atoms with van der Waals surface area (Å²) in [5.41, 5.74) is 0. The SMILES string of the molecule is BOC(=O)c1nnc(CCc2ccco2)s1. The van der Waals surface area contributed by atoms with E-state index in [9.17, 15) is 4.79 Å². The lowest BCUT2D eigenvalue weighted by molar-refractivity contribution is 0.0748. The van der Waals surface area contributed by atoms with Crippen LogP contribution in [-0.2, 0) is 17.5 Å². The number of carbonyl (C=O) groups is 1. The Hall–Kier alpha value is -1.63. The largest absolute Gasteiger partial charge is 0.538 e. The maximum Gasteiger partial charge on any atom is 0.351 e. The standard InChI is InChI=1S/C9H9BN2O3S/c10-15-9(13)8-12-11-7(16-8)4-3-6-2-1-5-14-6/h1-2,5H,3-4,10H2. The van der Waals surface area contributed by atoms with E-state index in [-0.39, 0.29) is 5.01 Å². The van der Waals surface area contributed by atoms with E-state index in [1.54, 1.807) is 6.26 Å². The predicted molar refractivity (Wildman–Crippen MR) is 60.0 cm³/mol. The van der Waals surface area contributed by atoms with Gasteiger partial charge in [0.25, 0.3) is 0 Å². The Morgan fingerprint density at radius 1 is 1.50 bits per heavy atom. The van der Waals surface area contributed by atoms with Gasteiger partial charge in [-0.25, -0.2) is 4.79 Å². The lowest BCUT2D eigenvalue weighted by atomic mass is 10.2. The van der Waals surface area contributed by atoms with Crippen LogP contribution in [0.4, 0.5) is 0 Å². The molecule has 0 atom stereocenters. The third-order valence-corrected chi connectivity index (χ3v) is 2.96. The second-order valence-electron chi connectivity index (χ2n) is 3.07. The van der Waals surface area contributed by atoms with Crippen LogP contribution in [0.25, 0.3) is 0 Å². The highest BCUT2D eigenvalue weighted by molar-refractivity contribution is 7.13. The van der Waals surface area contributed by atoms with Gasteiger partial charge in [-0.3, -0.25) is 0 Å². The van der Waals surface area contributed by atoms with Gasteiger partial charge in [0.05, 0.1) is 6.26 Å². The monoisotopic (exact) mass is 236 g/mol. The highest BCUT2D eigenvalue weighted by atomic mass is 32.1. The fourth-order valence-electron chi connectivity index (χ4n) is 1.21. The van der Waals surface area contributed by atoms with Crippen molar-refractivity contribution >= 4 is 25.4 Å². The molecule has 0 saturated carbocycles. The van der Waals surface area contributed by atoms with Gasteiger partial charge < -0.3 is 9.07 Å². The third kappa shape index (κ3) is 2.49. The van der Waals surface area contributed by atoms with Crippen molar-refractivity contribution in [2.45, 2.75) is 12.8 Å². The van der Waals surface area contributed by atoms with E-state index in [2.05, 4.69) is 14.9 Å². The Balaban J connectivity index is 1.95. The molecule has 0 aliphatic rings. The van der Waals surface area contributed by atoms with E-state index in [0.717, 1.165) is 17.2 Å². The molecule has 16 heavy (non-hydrogen) atoms. The van der Waals surface area contributed by atoms with Crippen LogP contribution in [-0.4, -0.2) is 24.2 Å². The lowest BCUT2D eigenvalue weighted by Gasteiger charge is -1.92. The molecule has 0 bridgehead atoms. The Morgan fingerprint density at radius 2 is 2.38 bits per heavy atom. The summed E-state index contributed by atoms with van der Waals surface area (Å²) in [5, 5.41) is 8.75. The first-order valence-corrected chi connectivity index (χ1v) is 5.54. The van der Waals surface area contributed by atoms with E-state index >= 15 is 0 Å². The van der Waals surface area contributed by atoms with E-state index in [1.165, 1.54) is 19.4 Å². The van der Waals surface area contributed by atoms with Gasteiger partial charge in [0, 0.05) is 12.8 Å². The molecule has 2 aromatic heterocycles. The minimum atomic E-state index is -0.443. The summed E-state index contributed by atoms with van der Waals surface area (Å²) in [6.07, 6.45) is 3.10. The molecule has 0 radical (unpaired) electrons. The Kier molecular flexibility index (Phi) is 3.35. The summed E-state index contributed by atoms with van der Waals surface area (Å²) < 4.78 is 9.75. The number of furan rings is 1. The van der Waals surface area contributed by atoms with E-state index in [1.807, 2.05) is 12.1 Å². The fraction of sp³-hybridized carbons (Fsp3) is 0.222. The summed E-state index contributed by atoms with van der Waals surface area (Å²) in [6, 6.07) is 3.75. The first-order chi connectivity index (χ1) is 7.79. The number of hydrogen-bond acceptors (Lipinski definition) is 6. The van der Waals surface area contributed by atoms with Crippen LogP contribution in [0.5, 0.6) is 0 Å². The van der Waals surface area contributed by atoms with Crippen LogP contribution in [0, 0.1) is 0 Å². The van der Waals surface area contributed by atoms with Crippen LogP contribution >= 0.6 is 11.3 Å². The van der Waals surface area contributed by atoms with Gasteiger partial charge in [0.15, 0.2) is 0 Å². The average molecular weight is 236 g/mol. The number of carbonyl (C=O) groups excluding carboxylic acids is 1. The molecule has 2 rings (SSSR count). The Bertz CT molecular complexity index is 469. The highest BCUT2D eigenvalue weighted by Crippen LogP contribution is 2.13.